The van der Waals surface area contributed by atoms with E-state index in [0.717, 1.165) is 0 Å². The molecule has 0 N–H and O–H groups in total. The Morgan fingerprint density at radius 1 is 1.00 bits per heavy atom. The second kappa shape index (κ2) is 4.31. The molecule has 0 saturated carbocycles. The first-order valence-corrected chi connectivity index (χ1v) is 3.93. The summed E-state index contributed by atoms with van der Waals surface area (Å²) in [5.74, 6) is 0. The van der Waals surface area contributed by atoms with Gasteiger partial charge in [-0.1, -0.05) is 17.3 Å². The highest BCUT2D eigenvalue weighted by Crippen LogP contribution is 2.27. The topological polar surface area (TPSA) is 65.3 Å². The van der Waals surface area contributed by atoms with Crippen LogP contribution in [0.2, 0.25) is 0 Å². The van der Waals surface area contributed by atoms with Gasteiger partial charge in [-0.3, -0.25) is 0 Å². The highest BCUT2D eigenvalue weighted by Gasteiger charge is 2.12. The Morgan fingerprint density at radius 3 is 1.93 bits per heavy atom. The zero-order chi connectivity index (χ0) is 10.6. The fourth-order valence-corrected chi connectivity index (χ4v) is 1.11. The van der Waals surface area contributed by atoms with E-state index in [2.05, 4.69) is 10.6 Å². The molecular formula is C8H10N4O2. The van der Waals surface area contributed by atoms with Gasteiger partial charge in [0.15, 0.2) is 0 Å². The lowest BCUT2D eigenvalue weighted by Crippen LogP contribution is -2.14. The van der Waals surface area contributed by atoms with Crippen molar-refractivity contribution >= 4 is 11.4 Å². The molecule has 1 rings (SSSR count). The third-order valence-electron chi connectivity index (χ3n) is 1.73. The van der Waals surface area contributed by atoms with E-state index in [-0.39, 0.29) is 0 Å². The lowest BCUT2D eigenvalue weighted by Gasteiger charge is -2.17. The summed E-state index contributed by atoms with van der Waals surface area (Å²) in [5.41, 5.74) is 1.06. The SMILES string of the molecule is CN(C)c1ccccc1N(N=O)N=O. The molecule has 6 nitrogen and oxygen atoms in total. The maximum atomic E-state index is 10.3. The van der Waals surface area contributed by atoms with Gasteiger partial charge in [0.2, 0.25) is 0 Å². The Hall–Kier alpha value is -1.98. The van der Waals surface area contributed by atoms with Crippen molar-refractivity contribution in [3.63, 3.8) is 0 Å². The molecule has 0 bridgehead atoms. The van der Waals surface area contributed by atoms with Crippen molar-refractivity contribution in [3.8, 4) is 0 Å². The molecular weight excluding hydrogens is 184 g/mol. The fourth-order valence-electron chi connectivity index (χ4n) is 1.11. The Morgan fingerprint density at radius 2 is 1.50 bits per heavy atom. The third-order valence-corrected chi connectivity index (χ3v) is 1.73. The van der Waals surface area contributed by atoms with Crippen molar-refractivity contribution < 1.29 is 0 Å². The van der Waals surface area contributed by atoms with Crippen molar-refractivity contribution in [2.45, 2.75) is 0 Å². The molecule has 0 amide bonds. The monoisotopic (exact) mass is 194 g/mol. The lowest BCUT2D eigenvalue weighted by molar-refractivity contribution is 0.901. The van der Waals surface area contributed by atoms with Crippen molar-refractivity contribution in [1.82, 2.24) is 0 Å². The number of benzene rings is 1. The molecule has 0 unspecified atom stereocenters. The number of nitrogens with zero attached hydrogens (tertiary/aromatic N) is 4. The molecule has 0 heterocycles. The number of anilines is 2. The second-order valence-electron chi connectivity index (χ2n) is 2.84. The summed E-state index contributed by atoms with van der Waals surface area (Å²) >= 11 is 0. The minimum atomic E-state index is 0.363. The fraction of sp³-hybridized carbons (Fsp3) is 0.250. The van der Waals surface area contributed by atoms with Crippen LogP contribution in [-0.2, 0) is 0 Å². The first kappa shape index (κ1) is 10.1. The minimum Gasteiger partial charge on any atom is -0.376 e. The van der Waals surface area contributed by atoms with Crippen LogP contribution >= 0.6 is 0 Å². The van der Waals surface area contributed by atoms with Crippen molar-refractivity contribution in [2.75, 3.05) is 24.1 Å². The van der Waals surface area contributed by atoms with Crippen LogP contribution in [0.3, 0.4) is 0 Å². The Labute approximate surface area is 81.0 Å². The molecule has 0 fully saturated rings. The first-order chi connectivity index (χ1) is 6.70. The average Bonchev–Trinajstić information content (AvgIpc) is 2.20. The molecule has 1 aromatic rings. The highest BCUT2D eigenvalue weighted by atomic mass is 16.4. The lowest BCUT2D eigenvalue weighted by atomic mass is 10.2. The van der Waals surface area contributed by atoms with E-state index in [1.807, 2.05) is 0 Å². The van der Waals surface area contributed by atoms with Crippen LogP contribution in [0.4, 0.5) is 11.4 Å². The summed E-state index contributed by atoms with van der Waals surface area (Å²) in [4.78, 5) is 22.3. The molecule has 14 heavy (non-hydrogen) atoms. The summed E-state index contributed by atoms with van der Waals surface area (Å²) < 4.78 is 0. The number of rotatable bonds is 4. The number of para-hydroxylation sites is 2. The smallest absolute Gasteiger partial charge is 0.116 e. The summed E-state index contributed by atoms with van der Waals surface area (Å²) in [6, 6.07) is 6.86. The van der Waals surface area contributed by atoms with Gasteiger partial charge in [-0.2, -0.15) is 0 Å². The standard InChI is InChI=1S/C8H10N4O2/c1-11(2)7-5-3-4-6-8(7)12(9-13)10-14/h3-6H,1-2H3. The largest absolute Gasteiger partial charge is 0.376 e. The van der Waals surface area contributed by atoms with Crippen molar-refractivity contribution in [2.24, 2.45) is 10.6 Å². The molecule has 1 aromatic carbocycles. The molecule has 0 radical (unpaired) electrons. The first-order valence-electron chi connectivity index (χ1n) is 3.93. The molecule has 0 atom stereocenters. The summed E-state index contributed by atoms with van der Waals surface area (Å²) in [6.45, 7) is 0. The van der Waals surface area contributed by atoms with E-state index in [4.69, 9.17) is 0 Å². The van der Waals surface area contributed by atoms with E-state index in [1.54, 1.807) is 43.3 Å². The summed E-state index contributed by atoms with van der Waals surface area (Å²) in [7, 11) is 3.60. The zero-order valence-corrected chi connectivity index (χ0v) is 7.91. The third kappa shape index (κ3) is 1.85. The van der Waals surface area contributed by atoms with Gasteiger partial charge in [-0.15, -0.1) is 9.81 Å². The Balaban J connectivity index is 3.17. The van der Waals surface area contributed by atoms with E-state index >= 15 is 0 Å². The zero-order valence-electron chi connectivity index (χ0n) is 7.91. The number of nitroso groups, excluding NO2 is 2. The van der Waals surface area contributed by atoms with Crippen LogP contribution in [0.5, 0.6) is 0 Å². The van der Waals surface area contributed by atoms with Gasteiger partial charge >= 0.3 is 0 Å². The highest BCUT2D eigenvalue weighted by molar-refractivity contribution is 5.69. The van der Waals surface area contributed by atoms with Crippen LogP contribution in [0.15, 0.2) is 34.8 Å². The number of hydrogen-bond donors (Lipinski definition) is 0. The molecule has 0 saturated heterocycles. The van der Waals surface area contributed by atoms with Crippen LogP contribution < -0.4 is 10.0 Å². The molecule has 0 aliphatic carbocycles. The van der Waals surface area contributed by atoms with E-state index < -0.39 is 0 Å². The molecule has 0 aromatic heterocycles. The maximum Gasteiger partial charge on any atom is 0.116 e. The maximum absolute atomic E-state index is 10.3. The van der Waals surface area contributed by atoms with Gasteiger partial charge in [0.05, 0.1) is 16.3 Å². The number of hydrogen-bond acceptors (Lipinski definition) is 5. The Bertz CT molecular complexity index is 332. The van der Waals surface area contributed by atoms with Gasteiger partial charge in [-0.25, -0.2) is 0 Å². The van der Waals surface area contributed by atoms with Gasteiger partial charge < -0.3 is 4.90 Å². The van der Waals surface area contributed by atoms with E-state index in [1.165, 1.54) is 0 Å². The van der Waals surface area contributed by atoms with E-state index in [9.17, 15) is 9.81 Å². The summed E-state index contributed by atoms with van der Waals surface area (Å²) in [5, 5.41) is 5.50. The predicted octanol–water partition coefficient (Wildman–Crippen LogP) is 1.92. The molecule has 0 aliphatic heterocycles. The molecule has 6 heteroatoms. The average molecular weight is 194 g/mol. The Kier molecular flexibility index (Phi) is 3.11. The minimum absolute atomic E-state index is 0.363. The second-order valence-corrected chi connectivity index (χ2v) is 2.84. The molecule has 74 valence electrons. The summed E-state index contributed by atoms with van der Waals surface area (Å²) in [6.07, 6.45) is 0. The van der Waals surface area contributed by atoms with Gasteiger partial charge in [0, 0.05) is 14.1 Å². The van der Waals surface area contributed by atoms with Crippen molar-refractivity contribution in [1.29, 1.82) is 0 Å². The molecule has 0 spiro atoms. The predicted molar refractivity (Wildman–Crippen MR) is 54.8 cm³/mol. The van der Waals surface area contributed by atoms with Gasteiger partial charge in [-0.05, 0) is 12.1 Å². The normalized spacial score (nSPS) is 9.29. The van der Waals surface area contributed by atoms with Crippen LogP contribution in [0, 0.1) is 9.81 Å². The van der Waals surface area contributed by atoms with Gasteiger partial charge in [0.25, 0.3) is 0 Å². The van der Waals surface area contributed by atoms with Crippen LogP contribution in [0.25, 0.3) is 0 Å². The van der Waals surface area contributed by atoms with Gasteiger partial charge in [0.1, 0.15) is 5.69 Å². The quantitative estimate of drug-likeness (QED) is 0.542. The van der Waals surface area contributed by atoms with Crippen molar-refractivity contribution in [3.05, 3.63) is 34.1 Å². The van der Waals surface area contributed by atoms with Crippen LogP contribution in [0.1, 0.15) is 0 Å². The van der Waals surface area contributed by atoms with E-state index in [0.29, 0.717) is 16.5 Å². The van der Waals surface area contributed by atoms with Crippen LogP contribution in [-0.4, -0.2) is 14.1 Å². The molecule has 0 aliphatic rings.